The maximum absolute atomic E-state index is 15.2. The molecule has 0 atom stereocenters. The molecule has 0 spiro atoms. The third kappa shape index (κ3) is 4.38. The summed E-state index contributed by atoms with van der Waals surface area (Å²) in [5.41, 5.74) is 1.02. The molecule has 2 aromatic carbocycles. The number of nitriles is 2. The van der Waals surface area contributed by atoms with Gasteiger partial charge in [0.15, 0.2) is 11.6 Å². The zero-order valence-corrected chi connectivity index (χ0v) is 17.3. The summed E-state index contributed by atoms with van der Waals surface area (Å²) in [5, 5.41) is 31.5. The standard InChI is InChI=1S/C21H14BrFN4O3/c1-12-4-16(26-27(11-28)21(12)29)8-15-2-3-18(22)20(19(15)23)30-17-6-13(9-24)5-14(7-17)10-25/h2-7,28H,8,11H2,1H3. The van der Waals surface area contributed by atoms with E-state index in [-0.39, 0.29) is 34.6 Å². The molecule has 0 aliphatic carbocycles. The minimum atomic E-state index is -0.661. The molecule has 1 aromatic heterocycles. The van der Waals surface area contributed by atoms with Gasteiger partial charge in [-0.3, -0.25) is 4.79 Å². The van der Waals surface area contributed by atoms with Crippen LogP contribution in [0.5, 0.6) is 11.5 Å². The van der Waals surface area contributed by atoms with E-state index in [1.165, 1.54) is 24.3 Å². The fraction of sp³-hybridized carbons (Fsp3) is 0.143. The number of nitrogens with zero attached hydrogens (tertiary/aromatic N) is 4. The number of ether oxygens (including phenoxy) is 1. The Hall–Kier alpha value is -3.53. The van der Waals surface area contributed by atoms with Crippen LogP contribution in [0.1, 0.15) is 27.9 Å². The molecule has 150 valence electrons. The zero-order chi connectivity index (χ0) is 21.8. The summed E-state index contributed by atoms with van der Waals surface area (Å²) in [7, 11) is 0. The number of aromatic nitrogens is 2. The largest absolute Gasteiger partial charge is 0.453 e. The number of aliphatic hydroxyl groups excluding tert-OH is 1. The van der Waals surface area contributed by atoms with Crippen molar-refractivity contribution in [2.75, 3.05) is 0 Å². The second kappa shape index (κ2) is 8.87. The van der Waals surface area contributed by atoms with E-state index in [1.54, 1.807) is 19.1 Å². The van der Waals surface area contributed by atoms with Crippen molar-refractivity contribution in [1.82, 2.24) is 9.78 Å². The predicted octanol–water partition coefficient (Wildman–Crippen LogP) is 3.53. The van der Waals surface area contributed by atoms with E-state index in [4.69, 9.17) is 15.3 Å². The molecular formula is C21H14BrFN4O3. The van der Waals surface area contributed by atoms with Crippen molar-refractivity contribution in [3.63, 3.8) is 0 Å². The van der Waals surface area contributed by atoms with Gasteiger partial charge in [-0.1, -0.05) is 6.07 Å². The van der Waals surface area contributed by atoms with Gasteiger partial charge in [-0.15, -0.1) is 0 Å². The van der Waals surface area contributed by atoms with Crippen molar-refractivity contribution < 1.29 is 14.2 Å². The third-order valence-electron chi connectivity index (χ3n) is 4.22. The molecule has 9 heteroatoms. The van der Waals surface area contributed by atoms with Crippen molar-refractivity contribution in [3.8, 4) is 23.6 Å². The van der Waals surface area contributed by atoms with E-state index in [9.17, 15) is 9.90 Å². The van der Waals surface area contributed by atoms with E-state index >= 15 is 4.39 Å². The Morgan fingerprint density at radius 1 is 1.20 bits per heavy atom. The lowest BCUT2D eigenvalue weighted by Gasteiger charge is -2.13. The Balaban J connectivity index is 1.99. The normalized spacial score (nSPS) is 10.3. The summed E-state index contributed by atoms with van der Waals surface area (Å²) in [5.74, 6) is -0.629. The molecule has 0 amide bonds. The molecule has 0 saturated carbocycles. The lowest BCUT2D eigenvalue weighted by Crippen LogP contribution is -2.26. The van der Waals surface area contributed by atoms with E-state index in [1.807, 2.05) is 12.1 Å². The number of hydrogen-bond acceptors (Lipinski definition) is 6. The van der Waals surface area contributed by atoms with Crippen molar-refractivity contribution >= 4 is 15.9 Å². The monoisotopic (exact) mass is 468 g/mol. The Kier molecular flexibility index (Phi) is 6.26. The Bertz CT molecular complexity index is 1240. The van der Waals surface area contributed by atoms with Crippen molar-refractivity contribution in [2.24, 2.45) is 0 Å². The van der Waals surface area contributed by atoms with Crippen LogP contribution in [0.15, 0.2) is 45.7 Å². The second-order valence-corrected chi connectivity index (χ2v) is 7.22. The van der Waals surface area contributed by atoms with E-state index in [0.29, 0.717) is 15.7 Å². The zero-order valence-electron chi connectivity index (χ0n) is 15.7. The smallest absolute Gasteiger partial charge is 0.271 e. The van der Waals surface area contributed by atoms with Crippen LogP contribution in [0.2, 0.25) is 0 Å². The number of aliphatic hydroxyl groups is 1. The molecule has 0 bridgehead atoms. The maximum Gasteiger partial charge on any atom is 0.271 e. The van der Waals surface area contributed by atoms with Gasteiger partial charge in [0.05, 0.1) is 33.4 Å². The first-order valence-corrected chi connectivity index (χ1v) is 9.44. The highest BCUT2D eigenvalue weighted by atomic mass is 79.9. The van der Waals surface area contributed by atoms with Crippen LogP contribution in [0.4, 0.5) is 4.39 Å². The number of benzene rings is 2. The van der Waals surface area contributed by atoms with Crippen LogP contribution in [0.25, 0.3) is 0 Å². The van der Waals surface area contributed by atoms with Gasteiger partial charge in [-0.05, 0) is 58.7 Å². The summed E-state index contributed by atoms with van der Waals surface area (Å²) in [4.78, 5) is 11.9. The minimum absolute atomic E-state index is 0.0538. The van der Waals surface area contributed by atoms with Gasteiger partial charge in [0.1, 0.15) is 12.5 Å². The molecule has 7 nitrogen and oxygen atoms in total. The molecule has 1 heterocycles. The number of rotatable bonds is 5. The molecule has 0 unspecified atom stereocenters. The van der Waals surface area contributed by atoms with Gasteiger partial charge in [-0.25, -0.2) is 9.07 Å². The van der Waals surface area contributed by atoms with Gasteiger partial charge in [0.2, 0.25) is 0 Å². The first-order valence-electron chi connectivity index (χ1n) is 8.64. The predicted molar refractivity (Wildman–Crippen MR) is 108 cm³/mol. The summed E-state index contributed by atoms with van der Waals surface area (Å²) in [6.45, 7) is 1.00. The molecule has 30 heavy (non-hydrogen) atoms. The lowest BCUT2D eigenvalue weighted by molar-refractivity contribution is 0.187. The van der Waals surface area contributed by atoms with Crippen LogP contribution in [-0.2, 0) is 13.2 Å². The topological polar surface area (TPSA) is 112 Å². The number of aryl methyl sites for hydroxylation is 1. The van der Waals surface area contributed by atoms with Gasteiger partial charge < -0.3 is 9.84 Å². The number of hydrogen-bond donors (Lipinski definition) is 1. The quantitative estimate of drug-likeness (QED) is 0.612. The van der Waals surface area contributed by atoms with E-state index in [2.05, 4.69) is 21.0 Å². The van der Waals surface area contributed by atoms with Crippen LogP contribution < -0.4 is 10.3 Å². The number of halogens is 2. The van der Waals surface area contributed by atoms with Crippen LogP contribution in [0, 0.1) is 35.4 Å². The van der Waals surface area contributed by atoms with Crippen LogP contribution in [0.3, 0.4) is 0 Å². The van der Waals surface area contributed by atoms with Gasteiger partial charge >= 0.3 is 0 Å². The average molecular weight is 469 g/mol. The fourth-order valence-electron chi connectivity index (χ4n) is 2.83. The molecule has 1 N–H and O–H groups in total. The fourth-order valence-corrected chi connectivity index (χ4v) is 3.22. The lowest BCUT2D eigenvalue weighted by atomic mass is 10.1. The van der Waals surface area contributed by atoms with E-state index < -0.39 is 18.1 Å². The highest BCUT2D eigenvalue weighted by Crippen LogP contribution is 2.35. The van der Waals surface area contributed by atoms with Crippen molar-refractivity contribution in [2.45, 2.75) is 20.1 Å². The van der Waals surface area contributed by atoms with Crippen LogP contribution >= 0.6 is 15.9 Å². The van der Waals surface area contributed by atoms with Gasteiger partial charge in [-0.2, -0.15) is 15.6 Å². The van der Waals surface area contributed by atoms with Gasteiger partial charge in [0, 0.05) is 12.0 Å². The Labute approximate surface area is 179 Å². The first-order chi connectivity index (χ1) is 14.4. The van der Waals surface area contributed by atoms with Crippen molar-refractivity contribution in [1.29, 1.82) is 10.5 Å². The molecule has 0 aliphatic heterocycles. The summed E-state index contributed by atoms with van der Waals surface area (Å²) < 4.78 is 22.1. The van der Waals surface area contributed by atoms with Crippen LogP contribution in [-0.4, -0.2) is 14.9 Å². The molecule has 3 aromatic rings. The molecule has 0 aliphatic rings. The van der Waals surface area contributed by atoms with Crippen molar-refractivity contribution in [3.05, 3.63) is 85.0 Å². The van der Waals surface area contributed by atoms with Gasteiger partial charge in [0.25, 0.3) is 5.56 Å². The Morgan fingerprint density at radius 2 is 1.87 bits per heavy atom. The second-order valence-electron chi connectivity index (χ2n) is 6.36. The highest BCUT2D eigenvalue weighted by Gasteiger charge is 2.17. The highest BCUT2D eigenvalue weighted by molar-refractivity contribution is 9.10. The molecule has 0 fully saturated rings. The SMILES string of the molecule is Cc1cc(Cc2ccc(Br)c(Oc3cc(C#N)cc(C#N)c3)c2F)nn(CO)c1=O. The molecular weight excluding hydrogens is 455 g/mol. The maximum atomic E-state index is 15.2. The summed E-state index contributed by atoms with van der Waals surface area (Å²) in [6, 6.07) is 12.7. The summed E-state index contributed by atoms with van der Waals surface area (Å²) in [6.07, 6.45) is 0.0538. The Morgan fingerprint density at radius 3 is 2.47 bits per heavy atom. The minimum Gasteiger partial charge on any atom is -0.453 e. The third-order valence-corrected chi connectivity index (χ3v) is 4.85. The summed E-state index contributed by atoms with van der Waals surface area (Å²) >= 11 is 3.25. The molecule has 0 radical (unpaired) electrons. The molecule has 0 saturated heterocycles. The first kappa shape index (κ1) is 21.2. The van der Waals surface area contributed by atoms with E-state index in [0.717, 1.165) is 4.68 Å². The molecule has 3 rings (SSSR count). The average Bonchev–Trinajstić information content (AvgIpc) is 2.75.